The standard InChI is InChI=1S/C26H25N5O5S/c27-23(33)19-4-2-1-3-17(19)11-22(32)31-14-36-12-21(31)25(35)30-26-29-20(13-37-26)15-5-7-16(8-6-15)24(34)28-18-9-10-18/h1-8,13,18,21H,9-12,14H2,(H2,27,33)(H,28,34)(H,29,30,35)/t21-/m0/s1. The molecule has 0 unspecified atom stereocenters. The van der Waals surface area contributed by atoms with Crippen molar-refractivity contribution in [2.75, 3.05) is 18.7 Å². The zero-order chi connectivity index (χ0) is 25.9. The molecule has 2 aromatic carbocycles. The van der Waals surface area contributed by atoms with E-state index in [1.54, 1.807) is 36.4 Å². The monoisotopic (exact) mass is 519 g/mol. The van der Waals surface area contributed by atoms with E-state index in [0.717, 1.165) is 18.4 Å². The molecule has 37 heavy (non-hydrogen) atoms. The van der Waals surface area contributed by atoms with Crippen molar-refractivity contribution in [1.82, 2.24) is 15.2 Å². The zero-order valence-electron chi connectivity index (χ0n) is 19.8. The molecule has 1 saturated heterocycles. The number of rotatable bonds is 8. The number of carbonyl (C=O) groups excluding carboxylic acids is 4. The maximum absolute atomic E-state index is 13.0. The quantitative estimate of drug-likeness (QED) is 0.416. The van der Waals surface area contributed by atoms with Crippen LogP contribution in [0.25, 0.3) is 11.3 Å². The smallest absolute Gasteiger partial charge is 0.251 e. The van der Waals surface area contributed by atoms with Gasteiger partial charge >= 0.3 is 0 Å². The van der Waals surface area contributed by atoms with E-state index in [0.29, 0.717) is 28.0 Å². The Kier molecular flexibility index (Phi) is 6.97. The third-order valence-corrected chi connectivity index (χ3v) is 6.98. The average Bonchev–Trinajstić information content (AvgIpc) is 3.36. The minimum absolute atomic E-state index is 0.0283. The molecule has 0 radical (unpaired) electrons. The molecule has 2 aliphatic rings. The fraction of sp³-hybridized carbons (Fsp3) is 0.269. The number of thiazole rings is 1. The first-order valence-electron chi connectivity index (χ1n) is 11.8. The van der Waals surface area contributed by atoms with Gasteiger partial charge in [0.25, 0.3) is 11.8 Å². The number of primary amides is 1. The van der Waals surface area contributed by atoms with E-state index in [-0.39, 0.29) is 37.1 Å². The molecular formula is C26H25N5O5S. The molecule has 190 valence electrons. The number of ether oxygens (including phenoxy) is 1. The molecule has 1 saturated carbocycles. The molecule has 0 bridgehead atoms. The van der Waals surface area contributed by atoms with Gasteiger partial charge in [0.15, 0.2) is 5.13 Å². The molecule has 3 aromatic rings. The van der Waals surface area contributed by atoms with Crippen molar-refractivity contribution in [2.45, 2.75) is 31.3 Å². The van der Waals surface area contributed by atoms with E-state index in [4.69, 9.17) is 10.5 Å². The van der Waals surface area contributed by atoms with Gasteiger partial charge in [-0.2, -0.15) is 0 Å². The van der Waals surface area contributed by atoms with E-state index >= 15 is 0 Å². The topological polar surface area (TPSA) is 144 Å². The molecular weight excluding hydrogens is 494 g/mol. The Balaban J connectivity index is 1.21. The Morgan fingerprint density at radius 3 is 2.57 bits per heavy atom. The van der Waals surface area contributed by atoms with E-state index in [9.17, 15) is 19.2 Å². The van der Waals surface area contributed by atoms with Crippen LogP contribution in [0.15, 0.2) is 53.9 Å². The van der Waals surface area contributed by atoms with Crippen molar-refractivity contribution in [3.8, 4) is 11.3 Å². The van der Waals surface area contributed by atoms with Gasteiger partial charge < -0.3 is 26.0 Å². The highest BCUT2D eigenvalue weighted by atomic mass is 32.1. The number of hydrogen-bond acceptors (Lipinski definition) is 7. The second-order valence-corrected chi connectivity index (χ2v) is 9.79. The van der Waals surface area contributed by atoms with Crippen LogP contribution >= 0.6 is 11.3 Å². The lowest BCUT2D eigenvalue weighted by atomic mass is 10.0. The summed E-state index contributed by atoms with van der Waals surface area (Å²) in [5.74, 6) is -1.47. The first-order chi connectivity index (χ1) is 17.9. The highest BCUT2D eigenvalue weighted by molar-refractivity contribution is 7.14. The molecule has 11 heteroatoms. The number of amides is 4. The normalized spacial score (nSPS) is 16.9. The number of nitrogens with two attached hydrogens (primary N) is 1. The number of nitrogens with one attached hydrogen (secondary N) is 2. The molecule has 4 amide bonds. The van der Waals surface area contributed by atoms with Gasteiger partial charge in [-0.1, -0.05) is 30.3 Å². The van der Waals surface area contributed by atoms with E-state index in [2.05, 4.69) is 15.6 Å². The fourth-order valence-electron chi connectivity index (χ4n) is 4.03. The van der Waals surface area contributed by atoms with Crippen molar-refractivity contribution in [2.24, 2.45) is 5.73 Å². The summed E-state index contributed by atoms with van der Waals surface area (Å²) in [6.07, 6.45) is 1.97. The van der Waals surface area contributed by atoms with Crippen LogP contribution in [0.1, 0.15) is 39.1 Å². The summed E-state index contributed by atoms with van der Waals surface area (Å²) >= 11 is 1.26. The lowest BCUT2D eigenvalue weighted by Crippen LogP contribution is -2.45. The molecule has 1 aromatic heterocycles. The molecule has 4 N–H and O–H groups in total. The summed E-state index contributed by atoms with van der Waals surface area (Å²) in [6, 6.07) is 13.2. The number of carbonyl (C=O) groups is 4. The van der Waals surface area contributed by atoms with Gasteiger partial charge in [-0.3, -0.25) is 19.2 Å². The summed E-state index contributed by atoms with van der Waals surface area (Å²) in [6.45, 7) is 0.0249. The van der Waals surface area contributed by atoms with Gasteiger partial charge in [0, 0.05) is 28.1 Å². The molecule has 10 nitrogen and oxygen atoms in total. The van der Waals surface area contributed by atoms with Crippen LogP contribution in [-0.2, 0) is 20.7 Å². The van der Waals surface area contributed by atoms with Gasteiger partial charge in [0.05, 0.1) is 18.7 Å². The summed E-state index contributed by atoms with van der Waals surface area (Å²) in [5, 5.41) is 7.91. The number of anilines is 1. The van der Waals surface area contributed by atoms with Crippen LogP contribution in [0.3, 0.4) is 0 Å². The Hall–Kier alpha value is -4.09. The Labute approximate surface area is 216 Å². The lowest BCUT2D eigenvalue weighted by Gasteiger charge is -2.21. The van der Waals surface area contributed by atoms with Gasteiger partial charge in [-0.25, -0.2) is 4.98 Å². The molecule has 5 rings (SSSR count). The molecule has 1 aliphatic carbocycles. The van der Waals surface area contributed by atoms with Crippen molar-refractivity contribution < 1.29 is 23.9 Å². The highest BCUT2D eigenvalue weighted by Gasteiger charge is 2.35. The summed E-state index contributed by atoms with van der Waals surface area (Å²) in [7, 11) is 0. The van der Waals surface area contributed by atoms with Crippen LogP contribution < -0.4 is 16.4 Å². The molecule has 0 spiro atoms. The van der Waals surface area contributed by atoms with Gasteiger partial charge in [-0.05, 0) is 36.6 Å². The second-order valence-electron chi connectivity index (χ2n) is 8.93. The third-order valence-electron chi connectivity index (χ3n) is 6.22. The first-order valence-corrected chi connectivity index (χ1v) is 12.7. The van der Waals surface area contributed by atoms with Crippen LogP contribution in [0.5, 0.6) is 0 Å². The minimum Gasteiger partial charge on any atom is -0.366 e. The largest absolute Gasteiger partial charge is 0.366 e. The highest BCUT2D eigenvalue weighted by Crippen LogP contribution is 2.26. The molecule has 2 heterocycles. The SMILES string of the molecule is NC(=O)c1ccccc1CC(=O)N1COC[C@H]1C(=O)Nc1nc(-c2ccc(C(=O)NC3CC3)cc2)cs1. The van der Waals surface area contributed by atoms with Crippen LogP contribution in [0, 0.1) is 0 Å². The van der Waals surface area contributed by atoms with E-state index < -0.39 is 17.9 Å². The average molecular weight is 520 g/mol. The molecule has 1 aliphatic heterocycles. The number of hydrogen-bond donors (Lipinski definition) is 3. The Bertz CT molecular complexity index is 1350. The van der Waals surface area contributed by atoms with Crippen molar-refractivity contribution in [1.29, 1.82) is 0 Å². The first kappa shape index (κ1) is 24.6. The number of benzene rings is 2. The number of aromatic nitrogens is 1. The van der Waals surface area contributed by atoms with Crippen LogP contribution in [0.4, 0.5) is 5.13 Å². The maximum Gasteiger partial charge on any atom is 0.251 e. The molecule has 1 atom stereocenters. The van der Waals surface area contributed by atoms with Crippen molar-refractivity contribution >= 4 is 40.1 Å². The summed E-state index contributed by atoms with van der Waals surface area (Å²) < 4.78 is 5.40. The molecule has 2 fully saturated rings. The Morgan fingerprint density at radius 2 is 1.84 bits per heavy atom. The van der Waals surface area contributed by atoms with Gasteiger partial charge in [0.1, 0.15) is 12.8 Å². The van der Waals surface area contributed by atoms with Gasteiger partial charge in [0.2, 0.25) is 11.8 Å². The van der Waals surface area contributed by atoms with Crippen molar-refractivity contribution in [3.63, 3.8) is 0 Å². The third kappa shape index (κ3) is 5.68. The Morgan fingerprint density at radius 1 is 1.08 bits per heavy atom. The fourth-order valence-corrected chi connectivity index (χ4v) is 4.75. The predicted octanol–water partition coefficient (Wildman–Crippen LogP) is 2.17. The van der Waals surface area contributed by atoms with Crippen LogP contribution in [-0.4, -0.2) is 58.9 Å². The van der Waals surface area contributed by atoms with Gasteiger partial charge in [-0.15, -0.1) is 11.3 Å². The van der Waals surface area contributed by atoms with Crippen molar-refractivity contribution in [3.05, 3.63) is 70.6 Å². The predicted molar refractivity (Wildman–Crippen MR) is 137 cm³/mol. The minimum atomic E-state index is -0.829. The van der Waals surface area contributed by atoms with Crippen LogP contribution in [0.2, 0.25) is 0 Å². The van der Waals surface area contributed by atoms with E-state index in [1.165, 1.54) is 16.2 Å². The zero-order valence-corrected chi connectivity index (χ0v) is 20.6. The number of nitrogens with zero attached hydrogens (tertiary/aromatic N) is 2. The van der Waals surface area contributed by atoms with E-state index in [1.807, 2.05) is 17.5 Å². The summed E-state index contributed by atoms with van der Waals surface area (Å²) in [5.41, 5.74) is 8.23. The second kappa shape index (κ2) is 10.5. The lowest BCUT2D eigenvalue weighted by molar-refractivity contribution is -0.136. The summed E-state index contributed by atoms with van der Waals surface area (Å²) in [4.78, 5) is 55.6. The maximum atomic E-state index is 13.0.